The number of nitrogens with zero attached hydrogens (tertiary/aromatic N) is 2. The van der Waals surface area contributed by atoms with Crippen molar-refractivity contribution in [1.82, 2.24) is 15.2 Å². The molecule has 7 heteroatoms. The third-order valence-corrected chi connectivity index (χ3v) is 3.74. The molecule has 1 aromatic heterocycles. The van der Waals surface area contributed by atoms with Gasteiger partial charge >= 0.3 is 0 Å². The molecule has 1 heterocycles. The quantitative estimate of drug-likeness (QED) is 0.899. The Labute approximate surface area is 122 Å². The summed E-state index contributed by atoms with van der Waals surface area (Å²) >= 11 is 9.18. The molecule has 5 nitrogen and oxygen atoms in total. The van der Waals surface area contributed by atoms with E-state index in [1.54, 1.807) is 18.2 Å². The number of nitrogens with one attached hydrogen (secondary N) is 2. The summed E-state index contributed by atoms with van der Waals surface area (Å²) in [6, 6.07) is 5.14. The molecule has 0 saturated heterocycles. The van der Waals surface area contributed by atoms with Gasteiger partial charge in [0, 0.05) is 15.4 Å². The molecule has 0 radical (unpaired) electrons. The number of hydrogen-bond acceptors (Lipinski definition) is 3. The summed E-state index contributed by atoms with van der Waals surface area (Å²) < 4.78 is 0.714. The summed E-state index contributed by atoms with van der Waals surface area (Å²) in [6.45, 7) is 0. The predicted molar refractivity (Wildman–Crippen MR) is 75.5 cm³/mol. The average Bonchev–Trinajstić information content (AvgIpc) is 3.10. The van der Waals surface area contributed by atoms with Crippen molar-refractivity contribution < 1.29 is 4.79 Å². The molecule has 19 heavy (non-hydrogen) atoms. The van der Waals surface area contributed by atoms with Crippen molar-refractivity contribution in [1.29, 1.82) is 0 Å². The minimum absolute atomic E-state index is 0.156. The fourth-order valence-corrected chi connectivity index (χ4v) is 2.47. The largest absolute Gasteiger partial charge is 0.318 e. The van der Waals surface area contributed by atoms with Gasteiger partial charge in [0.2, 0.25) is 5.82 Å². The van der Waals surface area contributed by atoms with Crippen molar-refractivity contribution in [3.63, 3.8) is 0 Å². The maximum atomic E-state index is 12.0. The Morgan fingerprint density at radius 2 is 2.26 bits per heavy atom. The maximum absolute atomic E-state index is 12.0. The molecule has 0 spiro atoms. The summed E-state index contributed by atoms with van der Waals surface area (Å²) in [5.41, 5.74) is 0.632. The van der Waals surface area contributed by atoms with Gasteiger partial charge in [0.05, 0.1) is 5.69 Å². The molecule has 0 aliphatic heterocycles. The Bertz CT molecular complexity index is 638. The number of halogens is 2. The van der Waals surface area contributed by atoms with Crippen LogP contribution in [0.2, 0.25) is 5.02 Å². The van der Waals surface area contributed by atoms with E-state index in [1.807, 2.05) is 0 Å². The number of aromatic nitrogens is 3. The Balaban J connectivity index is 1.76. The predicted octanol–water partition coefficient (Wildman–Crippen LogP) is 3.35. The van der Waals surface area contributed by atoms with Gasteiger partial charge in [0.25, 0.3) is 5.91 Å². The smallest absolute Gasteiger partial charge is 0.295 e. The van der Waals surface area contributed by atoms with Crippen molar-refractivity contribution >= 4 is 39.1 Å². The van der Waals surface area contributed by atoms with Crippen molar-refractivity contribution in [2.45, 2.75) is 18.8 Å². The van der Waals surface area contributed by atoms with Crippen LogP contribution in [-0.4, -0.2) is 21.1 Å². The maximum Gasteiger partial charge on any atom is 0.295 e. The first-order chi connectivity index (χ1) is 9.13. The van der Waals surface area contributed by atoms with Crippen molar-refractivity contribution in [3.8, 4) is 0 Å². The highest BCUT2D eigenvalue weighted by molar-refractivity contribution is 9.10. The van der Waals surface area contributed by atoms with E-state index in [4.69, 9.17) is 11.6 Å². The Kier molecular flexibility index (Phi) is 3.28. The average molecular weight is 342 g/mol. The molecule has 2 aromatic rings. The third kappa shape index (κ3) is 2.79. The summed E-state index contributed by atoms with van der Waals surface area (Å²) in [7, 11) is 0. The van der Waals surface area contributed by atoms with E-state index in [0.29, 0.717) is 21.1 Å². The molecule has 2 N–H and O–H groups in total. The minimum Gasteiger partial charge on any atom is -0.318 e. The zero-order valence-electron chi connectivity index (χ0n) is 9.78. The van der Waals surface area contributed by atoms with Gasteiger partial charge in [-0.25, -0.2) is 4.98 Å². The number of carbonyl (C=O) groups is 1. The van der Waals surface area contributed by atoms with Crippen LogP contribution < -0.4 is 5.32 Å². The van der Waals surface area contributed by atoms with Gasteiger partial charge < -0.3 is 5.32 Å². The van der Waals surface area contributed by atoms with Crippen LogP contribution in [0.4, 0.5) is 5.69 Å². The highest BCUT2D eigenvalue weighted by Crippen LogP contribution is 2.37. The molecule has 1 fully saturated rings. The molecule has 1 saturated carbocycles. The van der Waals surface area contributed by atoms with Crippen LogP contribution in [0.15, 0.2) is 22.7 Å². The summed E-state index contributed by atoms with van der Waals surface area (Å²) in [5.74, 6) is 1.05. The lowest BCUT2D eigenvalue weighted by molar-refractivity contribution is 0.101. The van der Waals surface area contributed by atoms with Crippen LogP contribution >= 0.6 is 27.5 Å². The third-order valence-electron chi connectivity index (χ3n) is 2.85. The number of hydrogen-bond donors (Lipinski definition) is 2. The van der Waals surface area contributed by atoms with Gasteiger partial charge in [0.1, 0.15) is 5.82 Å². The van der Waals surface area contributed by atoms with Crippen molar-refractivity contribution in [2.24, 2.45) is 0 Å². The molecule has 0 bridgehead atoms. The first-order valence-electron chi connectivity index (χ1n) is 5.82. The highest BCUT2D eigenvalue weighted by atomic mass is 79.9. The highest BCUT2D eigenvalue weighted by Gasteiger charge is 2.28. The molecule has 1 aliphatic rings. The molecule has 3 rings (SSSR count). The standard InChI is InChI=1S/C12H10BrClN4O/c13-8-5-7(14)3-4-9(8)15-12(19)11-16-10(17-18-11)6-1-2-6/h3-6H,1-2H2,(H,15,19)(H,16,17,18). The topological polar surface area (TPSA) is 70.7 Å². The fourth-order valence-electron chi connectivity index (χ4n) is 1.68. The van der Waals surface area contributed by atoms with Gasteiger partial charge in [-0.2, -0.15) is 0 Å². The Hall–Kier alpha value is -1.40. The van der Waals surface area contributed by atoms with Crippen LogP contribution in [0.25, 0.3) is 0 Å². The van der Waals surface area contributed by atoms with Gasteiger partial charge in [-0.1, -0.05) is 11.6 Å². The van der Waals surface area contributed by atoms with E-state index in [1.165, 1.54) is 0 Å². The lowest BCUT2D eigenvalue weighted by atomic mass is 10.3. The van der Waals surface area contributed by atoms with E-state index < -0.39 is 0 Å². The number of benzene rings is 1. The van der Waals surface area contributed by atoms with Crippen molar-refractivity contribution in [3.05, 3.63) is 39.3 Å². The number of rotatable bonds is 3. The second-order valence-corrected chi connectivity index (χ2v) is 5.69. The molecule has 1 aromatic carbocycles. The molecule has 1 amide bonds. The summed E-state index contributed by atoms with van der Waals surface area (Å²) in [6.07, 6.45) is 2.22. The lowest BCUT2D eigenvalue weighted by Crippen LogP contribution is -2.14. The zero-order valence-corrected chi connectivity index (χ0v) is 12.1. The van der Waals surface area contributed by atoms with E-state index in [-0.39, 0.29) is 11.7 Å². The normalized spacial score (nSPS) is 14.4. The SMILES string of the molecule is O=C(Nc1ccc(Cl)cc1Br)c1n[nH]c(C2CC2)n1. The monoisotopic (exact) mass is 340 g/mol. The molecule has 0 unspecified atom stereocenters. The van der Waals surface area contributed by atoms with Gasteiger partial charge in [-0.3, -0.25) is 9.89 Å². The van der Waals surface area contributed by atoms with Gasteiger partial charge in [-0.15, -0.1) is 5.10 Å². The zero-order chi connectivity index (χ0) is 13.4. The van der Waals surface area contributed by atoms with Gasteiger partial charge in [-0.05, 0) is 47.0 Å². The lowest BCUT2D eigenvalue weighted by Gasteiger charge is -2.05. The van der Waals surface area contributed by atoms with Crippen molar-refractivity contribution in [2.75, 3.05) is 5.32 Å². The minimum atomic E-state index is -0.342. The molecular weight excluding hydrogens is 332 g/mol. The molecular formula is C12H10BrClN4O. The molecule has 98 valence electrons. The number of carbonyl (C=O) groups excluding carboxylic acids is 1. The molecule has 0 atom stereocenters. The van der Waals surface area contributed by atoms with E-state index in [0.717, 1.165) is 18.7 Å². The Morgan fingerprint density at radius 3 is 2.95 bits per heavy atom. The number of anilines is 1. The second kappa shape index (κ2) is 4.94. The van der Waals surface area contributed by atoms with Gasteiger partial charge in [0.15, 0.2) is 0 Å². The van der Waals surface area contributed by atoms with Crippen LogP contribution in [0.1, 0.15) is 35.2 Å². The fraction of sp³-hybridized carbons (Fsp3) is 0.250. The van der Waals surface area contributed by atoms with E-state index in [2.05, 4.69) is 36.4 Å². The Morgan fingerprint density at radius 1 is 1.47 bits per heavy atom. The number of aromatic amines is 1. The number of H-pyrrole nitrogens is 1. The first-order valence-corrected chi connectivity index (χ1v) is 6.99. The van der Waals surface area contributed by atoms with E-state index in [9.17, 15) is 4.79 Å². The molecule has 1 aliphatic carbocycles. The van der Waals surface area contributed by atoms with E-state index >= 15 is 0 Å². The van der Waals surface area contributed by atoms with Crippen LogP contribution in [0.5, 0.6) is 0 Å². The van der Waals surface area contributed by atoms with Crippen LogP contribution in [-0.2, 0) is 0 Å². The van der Waals surface area contributed by atoms with Crippen LogP contribution in [0, 0.1) is 0 Å². The summed E-state index contributed by atoms with van der Waals surface area (Å²) in [4.78, 5) is 16.2. The second-order valence-electron chi connectivity index (χ2n) is 4.40. The summed E-state index contributed by atoms with van der Waals surface area (Å²) in [5, 5.41) is 10.1. The number of amides is 1. The first kappa shape index (κ1) is 12.6. The van der Waals surface area contributed by atoms with Crippen LogP contribution in [0.3, 0.4) is 0 Å².